The Kier molecular flexibility index (Phi) is 3.45. The van der Waals surface area contributed by atoms with Crippen LogP contribution in [0.25, 0.3) is 0 Å². The lowest BCUT2D eigenvalue weighted by molar-refractivity contribution is 0.202. The molecule has 1 heterocycles. The van der Waals surface area contributed by atoms with Crippen LogP contribution in [0.5, 0.6) is 5.75 Å². The maximum absolute atomic E-state index is 5.35. The van der Waals surface area contributed by atoms with Crippen LogP contribution >= 0.6 is 12.2 Å². The predicted molar refractivity (Wildman–Crippen MR) is 76.2 cm³/mol. The maximum atomic E-state index is 5.35. The summed E-state index contributed by atoms with van der Waals surface area (Å²) in [5, 5.41) is 6.00. The van der Waals surface area contributed by atoms with Gasteiger partial charge in [-0.15, -0.1) is 0 Å². The first-order chi connectivity index (χ1) is 8.46. The number of hydrogen-bond acceptors (Lipinski definition) is 3. The molecule has 0 aliphatic carbocycles. The highest BCUT2D eigenvalue weighted by Gasteiger charge is 2.38. The summed E-state index contributed by atoms with van der Waals surface area (Å²) in [5.41, 5.74) is 4.11. The first-order valence-corrected chi connectivity index (χ1v) is 6.41. The van der Waals surface area contributed by atoms with Crippen molar-refractivity contribution in [3.05, 3.63) is 29.8 Å². The van der Waals surface area contributed by atoms with Crippen molar-refractivity contribution in [3.8, 4) is 5.75 Å². The Bertz CT molecular complexity index is 463. The number of hydrogen-bond donors (Lipinski definition) is 2. The first-order valence-electron chi connectivity index (χ1n) is 6.00. The summed E-state index contributed by atoms with van der Waals surface area (Å²) in [4.78, 5) is 0. The topological polar surface area (TPSA) is 36.5 Å². The molecule has 0 aromatic heterocycles. The van der Waals surface area contributed by atoms with E-state index in [4.69, 9.17) is 17.0 Å². The zero-order chi connectivity index (χ0) is 13.3. The van der Waals surface area contributed by atoms with E-state index in [9.17, 15) is 0 Å². The van der Waals surface area contributed by atoms with Crippen molar-refractivity contribution in [2.45, 2.75) is 32.5 Å². The van der Waals surface area contributed by atoms with Gasteiger partial charge >= 0.3 is 0 Å². The number of ether oxygens (including phenoxy) is 1. The molecule has 98 valence electrons. The molecule has 1 atom stereocenters. The molecule has 0 amide bonds. The summed E-state index contributed by atoms with van der Waals surface area (Å²) in [6.45, 7) is 6.26. The van der Waals surface area contributed by atoms with Crippen molar-refractivity contribution in [3.63, 3.8) is 0 Å². The summed E-state index contributed by atoms with van der Waals surface area (Å²) in [5.74, 6) is 0.839. The standard InChI is InChI=1S/C13H19N3OS/c1-9(2)16-12(18)14-13(3,15-16)10-6-5-7-11(8-10)17-4/h5-9,15H,1-4H3,(H,14,18). The van der Waals surface area contributed by atoms with Gasteiger partial charge in [0.2, 0.25) is 0 Å². The monoisotopic (exact) mass is 265 g/mol. The quantitative estimate of drug-likeness (QED) is 0.817. The molecule has 1 saturated heterocycles. The number of thiocarbonyl (C=S) groups is 1. The third-order valence-corrected chi connectivity index (χ3v) is 3.38. The van der Waals surface area contributed by atoms with Crippen LogP contribution in [-0.4, -0.2) is 23.3 Å². The second-order valence-corrected chi connectivity index (χ2v) is 5.25. The Balaban J connectivity index is 2.29. The number of methoxy groups -OCH3 is 1. The van der Waals surface area contributed by atoms with Gasteiger partial charge in [-0.3, -0.25) is 5.01 Å². The van der Waals surface area contributed by atoms with E-state index in [-0.39, 0.29) is 0 Å². The molecular formula is C13H19N3OS. The van der Waals surface area contributed by atoms with Gasteiger partial charge in [0.1, 0.15) is 11.4 Å². The first kappa shape index (κ1) is 13.1. The summed E-state index contributed by atoms with van der Waals surface area (Å²) < 4.78 is 5.26. The molecule has 1 aromatic rings. The molecule has 1 fully saturated rings. The van der Waals surface area contributed by atoms with E-state index < -0.39 is 5.66 Å². The molecule has 0 spiro atoms. The number of hydrazine groups is 1. The molecule has 0 bridgehead atoms. The van der Waals surface area contributed by atoms with E-state index in [1.807, 2.05) is 23.2 Å². The highest BCUT2D eigenvalue weighted by Crippen LogP contribution is 2.26. The fraction of sp³-hybridized carbons (Fsp3) is 0.462. The molecule has 1 aliphatic heterocycles. The van der Waals surface area contributed by atoms with Crippen LogP contribution in [0.3, 0.4) is 0 Å². The molecule has 0 saturated carbocycles. The predicted octanol–water partition coefficient (Wildman–Crippen LogP) is 1.97. The minimum atomic E-state index is -0.393. The van der Waals surface area contributed by atoms with Crippen LogP contribution in [0.2, 0.25) is 0 Å². The van der Waals surface area contributed by atoms with Crippen LogP contribution in [0.15, 0.2) is 24.3 Å². The molecule has 2 rings (SSSR count). The molecule has 18 heavy (non-hydrogen) atoms. The Morgan fingerprint density at radius 2 is 2.11 bits per heavy atom. The van der Waals surface area contributed by atoms with Gasteiger partial charge in [0.05, 0.1) is 7.11 Å². The van der Waals surface area contributed by atoms with Crippen LogP contribution in [0.1, 0.15) is 26.3 Å². The van der Waals surface area contributed by atoms with Crippen molar-refractivity contribution < 1.29 is 4.74 Å². The largest absolute Gasteiger partial charge is 0.497 e. The summed E-state index contributed by atoms with van der Waals surface area (Å²) >= 11 is 5.35. The van der Waals surface area contributed by atoms with Gasteiger partial charge in [0.15, 0.2) is 5.11 Å². The van der Waals surface area contributed by atoms with Crippen molar-refractivity contribution in [2.75, 3.05) is 7.11 Å². The van der Waals surface area contributed by atoms with E-state index in [2.05, 4.69) is 37.6 Å². The third-order valence-electron chi connectivity index (χ3n) is 3.08. The van der Waals surface area contributed by atoms with E-state index in [1.165, 1.54) is 0 Å². The fourth-order valence-corrected chi connectivity index (χ4v) is 2.49. The maximum Gasteiger partial charge on any atom is 0.185 e. The average molecular weight is 265 g/mol. The summed E-state index contributed by atoms with van der Waals surface area (Å²) in [7, 11) is 1.67. The second kappa shape index (κ2) is 4.74. The number of rotatable bonds is 3. The van der Waals surface area contributed by atoms with Crippen LogP contribution < -0.4 is 15.5 Å². The Morgan fingerprint density at radius 3 is 2.67 bits per heavy atom. The van der Waals surface area contributed by atoms with Gasteiger partial charge in [-0.05, 0) is 50.7 Å². The van der Waals surface area contributed by atoms with E-state index >= 15 is 0 Å². The lowest BCUT2D eigenvalue weighted by Gasteiger charge is -2.27. The lowest BCUT2D eigenvalue weighted by Crippen LogP contribution is -2.47. The number of nitrogens with zero attached hydrogens (tertiary/aromatic N) is 1. The normalized spacial score (nSPS) is 23.4. The van der Waals surface area contributed by atoms with Crippen molar-refractivity contribution in [1.29, 1.82) is 0 Å². The molecule has 4 nitrogen and oxygen atoms in total. The minimum Gasteiger partial charge on any atom is -0.497 e. The molecule has 1 unspecified atom stereocenters. The van der Waals surface area contributed by atoms with Crippen molar-refractivity contribution in [2.24, 2.45) is 0 Å². The molecule has 5 heteroatoms. The minimum absolute atomic E-state index is 0.303. The van der Waals surface area contributed by atoms with Gasteiger partial charge in [-0.2, -0.15) is 0 Å². The summed E-state index contributed by atoms with van der Waals surface area (Å²) in [6, 6.07) is 8.27. The number of nitrogens with one attached hydrogen (secondary N) is 2. The van der Waals surface area contributed by atoms with Gasteiger partial charge < -0.3 is 10.1 Å². The van der Waals surface area contributed by atoms with E-state index in [0.717, 1.165) is 16.4 Å². The van der Waals surface area contributed by atoms with Crippen molar-refractivity contribution >= 4 is 17.3 Å². The van der Waals surface area contributed by atoms with Crippen LogP contribution in [0, 0.1) is 0 Å². The van der Waals surface area contributed by atoms with Crippen molar-refractivity contribution in [1.82, 2.24) is 15.8 Å². The summed E-state index contributed by atoms with van der Waals surface area (Å²) in [6.07, 6.45) is 0. The molecular weight excluding hydrogens is 246 g/mol. The molecule has 1 aromatic carbocycles. The Hall–Kier alpha value is -1.33. The fourth-order valence-electron chi connectivity index (χ4n) is 2.03. The van der Waals surface area contributed by atoms with E-state index in [1.54, 1.807) is 7.11 Å². The highest BCUT2D eigenvalue weighted by atomic mass is 32.1. The van der Waals surface area contributed by atoms with Gasteiger partial charge in [-0.25, -0.2) is 5.43 Å². The van der Waals surface area contributed by atoms with Gasteiger partial charge in [0.25, 0.3) is 0 Å². The third kappa shape index (κ3) is 2.28. The van der Waals surface area contributed by atoms with Crippen LogP contribution in [0.4, 0.5) is 0 Å². The zero-order valence-electron chi connectivity index (χ0n) is 11.2. The van der Waals surface area contributed by atoms with Gasteiger partial charge in [0, 0.05) is 6.04 Å². The van der Waals surface area contributed by atoms with Crippen LogP contribution in [-0.2, 0) is 5.66 Å². The molecule has 1 aliphatic rings. The smallest absolute Gasteiger partial charge is 0.185 e. The molecule has 2 N–H and O–H groups in total. The Morgan fingerprint density at radius 1 is 1.39 bits per heavy atom. The Labute approximate surface area is 113 Å². The average Bonchev–Trinajstić information content (AvgIpc) is 2.66. The SMILES string of the molecule is COc1cccc(C2(C)NC(=S)N(C(C)C)N2)c1. The lowest BCUT2D eigenvalue weighted by atomic mass is 10.0. The van der Waals surface area contributed by atoms with Gasteiger partial charge in [-0.1, -0.05) is 12.1 Å². The van der Waals surface area contributed by atoms with E-state index in [0.29, 0.717) is 6.04 Å². The zero-order valence-corrected chi connectivity index (χ0v) is 12.0. The molecule has 0 radical (unpaired) electrons. The number of benzene rings is 1. The second-order valence-electron chi connectivity index (χ2n) is 4.86. The highest BCUT2D eigenvalue weighted by molar-refractivity contribution is 7.80.